The smallest absolute Gasteiger partial charge is 0.410 e. The zero-order chi connectivity index (χ0) is 39.2. The molecule has 2 unspecified atom stereocenters. The lowest BCUT2D eigenvalue weighted by Crippen LogP contribution is -2.51. The number of halogens is 1. The third-order valence-corrected chi connectivity index (χ3v) is 10.2. The highest BCUT2D eigenvalue weighted by Gasteiger charge is 2.35. The van der Waals surface area contributed by atoms with E-state index >= 15 is 4.39 Å². The summed E-state index contributed by atoms with van der Waals surface area (Å²) in [6, 6.07) is 16.1. The number of nitrogens with one attached hydrogen (secondary N) is 3. The third-order valence-electron chi connectivity index (χ3n) is 10.2. The Bertz CT molecular complexity index is 2430. The number of fused-ring (bicyclic) bond motifs is 6. The number of imidazole rings is 2. The van der Waals surface area contributed by atoms with Crippen LogP contribution in [0.25, 0.3) is 54.7 Å². The Morgan fingerprint density at radius 2 is 1.69 bits per heavy atom. The molecule has 1 saturated heterocycles. The Balaban J connectivity index is 1.16. The summed E-state index contributed by atoms with van der Waals surface area (Å²) in [6.07, 6.45) is 1.36. The zero-order valence-corrected chi connectivity index (χ0v) is 32.4. The number of likely N-dealkylation sites (tertiary alicyclic amines) is 1. The quantitative estimate of drug-likeness (QED) is 0.134. The van der Waals surface area contributed by atoms with Gasteiger partial charge in [-0.05, 0) is 81.2 Å². The molecular formula is C42H48FN7O5. The molecule has 7 rings (SSSR count). The zero-order valence-electron chi connectivity index (χ0n) is 32.4. The van der Waals surface area contributed by atoms with Crippen molar-refractivity contribution in [3.05, 3.63) is 72.1 Å². The van der Waals surface area contributed by atoms with Crippen LogP contribution in [0.5, 0.6) is 0 Å². The van der Waals surface area contributed by atoms with Crippen LogP contribution in [0.15, 0.2) is 54.6 Å². The molecule has 2 atom stereocenters. The van der Waals surface area contributed by atoms with Gasteiger partial charge in [0.25, 0.3) is 0 Å². The second-order valence-corrected chi connectivity index (χ2v) is 15.6. The summed E-state index contributed by atoms with van der Waals surface area (Å²) in [6.45, 7) is 12.6. The van der Waals surface area contributed by atoms with Gasteiger partial charge in [-0.15, -0.1) is 0 Å². The average molecular weight is 750 g/mol. The van der Waals surface area contributed by atoms with Crippen molar-refractivity contribution < 1.29 is 28.2 Å². The van der Waals surface area contributed by atoms with E-state index in [0.717, 1.165) is 51.6 Å². The van der Waals surface area contributed by atoms with Gasteiger partial charge in [-0.2, -0.15) is 0 Å². The summed E-state index contributed by atoms with van der Waals surface area (Å²) in [5, 5.41) is 5.59. The summed E-state index contributed by atoms with van der Waals surface area (Å²) < 4.78 is 26.9. The van der Waals surface area contributed by atoms with E-state index in [1.165, 1.54) is 7.11 Å². The highest BCUT2D eigenvalue weighted by Crippen LogP contribution is 2.37. The van der Waals surface area contributed by atoms with Crippen LogP contribution in [0.3, 0.4) is 0 Å². The van der Waals surface area contributed by atoms with Gasteiger partial charge in [0.15, 0.2) is 0 Å². The number of benzene rings is 4. The summed E-state index contributed by atoms with van der Waals surface area (Å²) in [5.41, 5.74) is 3.60. The molecule has 3 heterocycles. The predicted octanol–water partition coefficient (Wildman–Crippen LogP) is 8.74. The van der Waals surface area contributed by atoms with E-state index in [9.17, 15) is 14.4 Å². The number of methoxy groups -OCH3 is 1. The molecule has 288 valence electrons. The van der Waals surface area contributed by atoms with E-state index in [-0.39, 0.29) is 36.3 Å². The van der Waals surface area contributed by atoms with Crippen molar-refractivity contribution in [3.63, 3.8) is 0 Å². The normalized spacial score (nSPS) is 15.4. The predicted molar refractivity (Wildman–Crippen MR) is 211 cm³/mol. The average Bonchev–Trinajstić information content (AvgIpc) is 3.91. The van der Waals surface area contributed by atoms with Crippen LogP contribution < -0.4 is 5.32 Å². The van der Waals surface area contributed by atoms with Gasteiger partial charge in [0.05, 0.1) is 41.8 Å². The molecule has 1 aliphatic rings. The number of H-pyrrole nitrogens is 2. The molecule has 0 spiro atoms. The second kappa shape index (κ2) is 14.8. The first-order chi connectivity index (χ1) is 26.3. The van der Waals surface area contributed by atoms with E-state index in [4.69, 9.17) is 19.4 Å². The molecule has 0 radical (unpaired) electrons. The molecule has 4 aromatic carbocycles. The number of aromatic amines is 2. The highest BCUT2D eigenvalue weighted by molar-refractivity contribution is 6.08. The summed E-state index contributed by atoms with van der Waals surface area (Å²) in [7, 11) is 1.27. The van der Waals surface area contributed by atoms with Crippen molar-refractivity contribution in [3.8, 4) is 11.1 Å². The first kappa shape index (κ1) is 37.6. The SMILES string of the molecule is CCCN(Cc1nc2c(ccc3c(F)c(-c4ccc5c(ccc6[nH]c(C7CCCN7C(=O)OC(C)(C)C)nc65)c4)ccc32)[nH]1)C(=O)C(NC(=O)OC)C(C)C. The topological polar surface area (TPSA) is 146 Å². The maximum absolute atomic E-state index is 16.4. The van der Waals surface area contributed by atoms with Gasteiger partial charge < -0.3 is 29.7 Å². The molecule has 6 aromatic rings. The Labute approximate surface area is 318 Å². The lowest BCUT2D eigenvalue weighted by atomic mass is 9.97. The number of amides is 3. The first-order valence-corrected chi connectivity index (χ1v) is 18.9. The van der Waals surface area contributed by atoms with E-state index in [1.54, 1.807) is 21.9 Å². The number of ether oxygens (including phenoxy) is 2. The van der Waals surface area contributed by atoms with Crippen molar-refractivity contribution in [1.82, 2.24) is 35.1 Å². The van der Waals surface area contributed by atoms with Gasteiger partial charge >= 0.3 is 12.2 Å². The number of aromatic nitrogens is 4. The molecule has 0 aliphatic carbocycles. The van der Waals surface area contributed by atoms with Gasteiger partial charge in [0.2, 0.25) is 5.91 Å². The van der Waals surface area contributed by atoms with E-state index < -0.39 is 17.7 Å². The van der Waals surface area contributed by atoms with Crippen molar-refractivity contribution in [1.29, 1.82) is 0 Å². The molecule has 3 amide bonds. The van der Waals surface area contributed by atoms with Crippen LogP contribution in [0.2, 0.25) is 0 Å². The maximum Gasteiger partial charge on any atom is 0.410 e. The highest BCUT2D eigenvalue weighted by atomic mass is 19.1. The Kier molecular flexibility index (Phi) is 10.1. The number of hydrogen-bond acceptors (Lipinski definition) is 7. The number of carbonyl (C=O) groups is 3. The van der Waals surface area contributed by atoms with Crippen LogP contribution in [0, 0.1) is 11.7 Å². The van der Waals surface area contributed by atoms with Crippen LogP contribution >= 0.6 is 0 Å². The minimum atomic E-state index is -0.761. The van der Waals surface area contributed by atoms with Crippen molar-refractivity contribution >= 4 is 61.7 Å². The summed E-state index contributed by atoms with van der Waals surface area (Å²) in [5.74, 6) is 0.535. The molecule has 55 heavy (non-hydrogen) atoms. The molecule has 1 fully saturated rings. The molecule has 2 aromatic heterocycles. The number of rotatable bonds is 9. The van der Waals surface area contributed by atoms with Crippen LogP contribution in [0.4, 0.5) is 14.0 Å². The van der Waals surface area contributed by atoms with Crippen molar-refractivity contribution in [2.45, 2.75) is 85.0 Å². The lowest BCUT2D eigenvalue weighted by molar-refractivity contribution is -0.135. The first-order valence-electron chi connectivity index (χ1n) is 18.9. The molecule has 13 heteroatoms. The van der Waals surface area contributed by atoms with Crippen LogP contribution in [-0.4, -0.2) is 79.7 Å². The Morgan fingerprint density at radius 3 is 2.42 bits per heavy atom. The summed E-state index contributed by atoms with van der Waals surface area (Å²) in [4.78, 5) is 58.5. The van der Waals surface area contributed by atoms with Crippen molar-refractivity contribution in [2.24, 2.45) is 5.92 Å². The Morgan fingerprint density at radius 1 is 0.982 bits per heavy atom. The molecule has 12 nitrogen and oxygen atoms in total. The van der Waals surface area contributed by atoms with Gasteiger partial charge in [-0.25, -0.2) is 23.9 Å². The fourth-order valence-corrected chi connectivity index (χ4v) is 7.54. The minimum Gasteiger partial charge on any atom is -0.453 e. The fraction of sp³-hybridized carbons (Fsp3) is 0.405. The maximum atomic E-state index is 16.4. The van der Waals surface area contributed by atoms with E-state index in [0.29, 0.717) is 47.2 Å². The number of nitrogens with zero attached hydrogens (tertiary/aromatic N) is 4. The molecule has 0 saturated carbocycles. The third kappa shape index (κ3) is 7.39. The second-order valence-electron chi connectivity index (χ2n) is 15.6. The molecule has 0 bridgehead atoms. The minimum absolute atomic E-state index is 0.162. The standard InChI is InChI=1S/C42H48FN7O5/c1-8-19-49(39(51)35(23(2)3)48-40(52)54-7)22-33-44-30-18-16-28-29(37(30)46-33)15-14-26(34(28)43)24-11-13-27-25(21-24)12-17-31-36(27)47-38(45-31)32-10-9-20-50(32)41(53)55-42(4,5)6/h11-18,21,23,32,35H,8-10,19-20,22H2,1-7H3,(H,44,46)(H,45,47)(H,48,52). The largest absolute Gasteiger partial charge is 0.453 e. The van der Waals surface area contributed by atoms with Gasteiger partial charge in [-0.1, -0.05) is 51.1 Å². The Hall–Kier alpha value is -5.72. The lowest BCUT2D eigenvalue weighted by Gasteiger charge is -2.28. The number of carbonyl (C=O) groups excluding carboxylic acids is 3. The van der Waals surface area contributed by atoms with Crippen LogP contribution in [0.1, 0.15) is 78.5 Å². The molecular weight excluding hydrogens is 702 g/mol. The fourth-order valence-electron chi connectivity index (χ4n) is 7.54. The van der Waals surface area contributed by atoms with Crippen molar-refractivity contribution in [2.75, 3.05) is 20.2 Å². The van der Waals surface area contributed by atoms with Gasteiger partial charge in [-0.3, -0.25) is 9.69 Å². The summed E-state index contributed by atoms with van der Waals surface area (Å²) >= 11 is 0. The van der Waals surface area contributed by atoms with Gasteiger partial charge in [0, 0.05) is 34.8 Å². The van der Waals surface area contributed by atoms with E-state index in [2.05, 4.69) is 15.3 Å². The molecule has 3 N–H and O–H groups in total. The van der Waals surface area contributed by atoms with Gasteiger partial charge in [0.1, 0.15) is 29.1 Å². The number of alkyl carbamates (subject to hydrolysis) is 1. The molecule has 1 aliphatic heterocycles. The monoisotopic (exact) mass is 749 g/mol. The van der Waals surface area contributed by atoms with Crippen LogP contribution in [-0.2, 0) is 20.8 Å². The van der Waals surface area contributed by atoms with E-state index in [1.807, 2.05) is 84.0 Å². The number of hydrogen-bond donors (Lipinski definition) is 3.